The SMILES string of the molecule is Clc1ccc2c(N3CCCCCC3)ncnc2c1. The van der Waals surface area contributed by atoms with Crippen molar-refractivity contribution in [3.63, 3.8) is 0 Å². The van der Waals surface area contributed by atoms with Crippen LogP contribution in [0.25, 0.3) is 10.9 Å². The maximum atomic E-state index is 6.01. The molecule has 2 heterocycles. The highest BCUT2D eigenvalue weighted by Gasteiger charge is 2.14. The molecule has 0 spiro atoms. The fourth-order valence-electron chi connectivity index (χ4n) is 2.55. The van der Waals surface area contributed by atoms with Crippen LogP contribution in [0.15, 0.2) is 24.5 Å². The van der Waals surface area contributed by atoms with Crippen molar-refractivity contribution in [1.29, 1.82) is 0 Å². The van der Waals surface area contributed by atoms with Gasteiger partial charge in [0, 0.05) is 23.5 Å². The van der Waals surface area contributed by atoms with Gasteiger partial charge in [-0.25, -0.2) is 9.97 Å². The number of hydrogen-bond acceptors (Lipinski definition) is 3. The van der Waals surface area contributed by atoms with Crippen molar-refractivity contribution in [2.75, 3.05) is 18.0 Å². The molecule has 3 rings (SSSR count). The number of aromatic nitrogens is 2. The normalized spacial score (nSPS) is 16.8. The number of rotatable bonds is 1. The summed E-state index contributed by atoms with van der Waals surface area (Å²) in [6.07, 6.45) is 6.79. The molecule has 0 bridgehead atoms. The average molecular weight is 262 g/mol. The van der Waals surface area contributed by atoms with Crippen LogP contribution in [0.5, 0.6) is 0 Å². The Labute approximate surface area is 112 Å². The summed E-state index contributed by atoms with van der Waals surface area (Å²) in [5.41, 5.74) is 0.928. The van der Waals surface area contributed by atoms with Gasteiger partial charge in [-0.1, -0.05) is 24.4 Å². The monoisotopic (exact) mass is 261 g/mol. The zero-order chi connectivity index (χ0) is 12.4. The van der Waals surface area contributed by atoms with Gasteiger partial charge in [-0.3, -0.25) is 0 Å². The van der Waals surface area contributed by atoms with Gasteiger partial charge in [0.1, 0.15) is 12.1 Å². The van der Waals surface area contributed by atoms with Gasteiger partial charge in [0.15, 0.2) is 0 Å². The van der Waals surface area contributed by atoms with Gasteiger partial charge in [-0.05, 0) is 31.0 Å². The van der Waals surface area contributed by atoms with E-state index in [1.807, 2.05) is 18.2 Å². The van der Waals surface area contributed by atoms with Crippen molar-refractivity contribution in [3.8, 4) is 0 Å². The number of benzene rings is 1. The molecule has 1 aromatic heterocycles. The third-order valence-corrected chi connectivity index (χ3v) is 3.72. The Bertz CT molecular complexity index is 548. The molecule has 1 aromatic carbocycles. The Balaban J connectivity index is 2.04. The van der Waals surface area contributed by atoms with Gasteiger partial charge in [-0.15, -0.1) is 0 Å². The highest BCUT2D eigenvalue weighted by atomic mass is 35.5. The molecule has 1 aliphatic rings. The molecular weight excluding hydrogens is 246 g/mol. The van der Waals surface area contributed by atoms with Crippen molar-refractivity contribution in [1.82, 2.24) is 9.97 Å². The Morgan fingerprint density at radius 2 is 1.78 bits per heavy atom. The van der Waals surface area contributed by atoms with Crippen LogP contribution in [0.3, 0.4) is 0 Å². The maximum absolute atomic E-state index is 6.01. The first-order chi connectivity index (χ1) is 8.84. The molecular formula is C14H16ClN3. The Morgan fingerprint density at radius 3 is 2.56 bits per heavy atom. The highest BCUT2D eigenvalue weighted by Crippen LogP contribution is 2.26. The largest absolute Gasteiger partial charge is 0.356 e. The van der Waals surface area contributed by atoms with E-state index in [2.05, 4.69) is 14.9 Å². The lowest BCUT2D eigenvalue weighted by Gasteiger charge is -2.22. The van der Waals surface area contributed by atoms with Gasteiger partial charge in [0.2, 0.25) is 0 Å². The molecule has 2 aromatic rings. The van der Waals surface area contributed by atoms with E-state index < -0.39 is 0 Å². The Morgan fingerprint density at radius 1 is 1.00 bits per heavy atom. The molecule has 1 fully saturated rings. The van der Waals surface area contributed by atoms with Crippen LogP contribution in [0.1, 0.15) is 25.7 Å². The fourth-order valence-corrected chi connectivity index (χ4v) is 2.72. The molecule has 0 aliphatic carbocycles. The number of fused-ring (bicyclic) bond motifs is 1. The molecule has 1 aliphatic heterocycles. The number of anilines is 1. The Hall–Kier alpha value is -1.35. The van der Waals surface area contributed by atoms with Gasteiger partial charge in [0.25, 0.3) is 0 Å². The predicted molar refractivity (Wildman–Crippen MR) is 75.2 cm³/mol. The summed E-state index contributed by atoms with van der Waals surface area (Å²) in [4.78, 5) is 11.2. The van der Waals surface area contributed by atoms with Crippen LogP contribution >= 0.6 is 11.6 Å². The number of halogens is 1. The number of nitrogens with zero attached hydrogens (tertiary/aromatic N) is 3. The maximum Gasteiger partial charge on any atom is 0.139 e. The van der Waals surface area contributed by atoms with E-state index in [4.69, 9.17) is 11.6 Å². The van der Waals surface area contributed by atoms with Crippen LogP contribution < -0.4 is 4.90 Å². The minimum atomic E-state index is 0.725. The van der Waals surface area contributed by atoms with Crippen molar-refractivity contribution >= 4 is 28.3 Å². The smallest absolute Gasteiger partial charge is 0.139 e. The summed E-state index contributed by atoms with van der Waals surface area (Å²) in [7, 11) is 0. The van der Waals surface area contributed by atoms with E-state index in [1.165, 1.54) is 25.7 Å². The lowest BCUT2D eigenvalue weighted by molar-refractivity contribution is 0.726. The third-order valence-electron chi connectivity index (χ3n) is 3.48. The molecule has 3 nitrogen and oxygen atoms in total. The molecule has 0 N–H and O–H groups in total. The minimum absolute atomic E-state index is 0.725. The molecule has 94 valence electrons. The zero-order valence-corrected chi connectivity index (χ0v) is 11.0. The first kappa shape index (κ1) is 11.7. The predicted octanol–water partition coefficient (Wildman–Crippen LogP) is 3.66. The third kappa shape index (κ3) is 2.27. The first-order valence-electron chi connectivity index (χ1n) is 6.50. The summed E-state index contributed by atoms with van der Waals surface area (Å²) in [6, 6.07) is 5.84. The van der Waals surface area contributed by atoms with E-state index in [1.54, 1.807) is 6.33 Å². The van der Waals surface area contributed by atoms with E-state index in [0.29, 0.717) is 0 Å². The summed E-state index contributed by atoms with van der Waals surface area (Å²) >= 11 is 6.01. The standard InChI is InChI=1S/C14H16ClN3/c15-11-5-6-12-13(9-11)16-10-17-14(12)18-7-3-1-2-4-8-18/h5-6,9-10H,1-4,7-8H2. The van der Waals surface area contributed by atoms with Crippen molar-refractivity contribution < 1.29 is 0 Å². The van der Waals surface area contributed by atoms with Crippen LogP contribution in [0.2, 0.25) is 5.02 Å². The molecule has 0 amide bonds. The van der Waals surface area contributed by atoms with E-state index in [-0.39, 0.29) is 0 Å². The van der Waals surface area contributed by atoms with Crippen LogP contribution in [0, 0.1) is 0 Å². The molecule has 0 unspecified atom stereocenters. The lowest BCUT2D eigenvalue weighted by atomic mass is 10.2. The summed E-state index contributed by atoms with van der Waals surface area (Å²) in [6.45, 7) is 2.18. The van der Waals surface area contributed by atoms with Gasteiger partial charge in [-0.2, -0.15) is 0 Å². The average Bonchev–Trinajstić information content (AvgIpc) is 2.66. The van der Waals surface area contributed by atoms with Crippen molar-refractivity contribution in [2.24, 2.45) is 0 Å². The van der Waals surface area contributed by atoms with Crippen LogP contribution in [0.4, 0.5) is 5.82 Å². The van der Waals surface area contributed by atoms with E-state index in [0.717, 1.165) is 34.8 Å². The Kier molecular flexibility index (Phi) is 3.33. The van der Waals surface area contributed by atoms with Crippen LogP contribution in [-0.2, 0) is 0 Å². The molecule has 1 saturated heterocycles. The molecule has 0 radical (unpaired) electrons. The molecule has 0 atom stereocenters. The van der Waals surface area contributed by atoms with Gasteiger partial charge < -0.3 is 4.90 Å². The van der Waals surface area contributed by atoms with E-state index >= 15 is 0 Å². The first-order valence-corrected chi connectivity index (χ1v) is 6.87. The second-order valence-corrected chi connectivity index (χ2v) is 5.20. The summed E-state index contributed by atoms with van der Waals surface area (Å²) in [5.74, 6) is 1.05. The molecule has 18 heavy (non-hydrogen) atoms. The molecule has 4 heteroatoms. The highest BCUT2D eigenvalue weighted by molar-refractivity contribution is 6.31. The zero-order valence-electron chi connectivity index (χ0n) is 10.3. The minimum Gasteiger partial charge on any atom is -0.356 e. The molecule has 0 saturated carbocycles. The fraction of sp³-hybridized carbons (Fsp3) is 0.429. The number of hydrogen-bond donors (Lipinski definition) is 0. The van der Waals surface area contributed by atoms with Crippen molar-refractivity contribution in [2.45, 2.75) is 25.7 Å². The summed E-state index contributed by atoms with van der Waals surface area (Å²) < 4.78 is 0. The van der Waals surface area contributed by atoms with E-state index in [9.17, 15) is 0 Å². The summed E-state index contributed by atoms with van der Waals surface area (Å²) in [5, 5.41) is 1.83. The lowest BCUT2D eigenvalue weighted by Crippen LogP contribution is -2.25. The second-order valence-electron chi connectivity index (χ2n) is 4.76. The van der Waals surface area contributed by atoms with Crippen molar-refractivity contribution in [3.05, 3.63) is 29.5 Å². The second kappa shape index (κ2) is 5.11. The van der Waals surface area contributed by atoms with Gasteiger partial charge >= 0.3 is 0 Å². The topological polar surface area (TPSA) is 29.0 Å². The quantitative estimate of drug-likeness (QED) is 0.784. The van der Waals surface area contributed by atoms with Gasteiger partial charge in [0.05, 0.1) is 5.52 Å². The van der Waals surface area contributed by atoms with Crippen LogP contribution in [-0.4, -0.2) is 23.1 Å².